The number of aromatic nitrogens is 2. The van der Waals surface area contributed by atoms with Crippen LogP contribution in [0, 0.1) is 11.6 Å². The maximum absolute atomic E-state index is 13.7. The van der Waals surface area contributed by atoms with E-state index in [4.69, 9.17) is 5.73 Å². The van der Waals surface area contributed by atoms with Gasteiger partial charge in [-0.3, -0.25) is 4.79 Å². The Balaban J connectivity index is 1.76. The van der Waals surface area contributed by atoms with Crippen LogP contribution in [0.3, 0.4) is 0 Å². The molecular weight excluding hydrogens is 362 g/mol. The lowest BCUT2D eigenvalue weighted by atomic mass is 10.2. The summed E-state index contributed by atoms with van der Waals surface area (Å²) in [6.45, 7) is 0.258. The van der Waals surface area contributed by atoms with Crippen LogP contribution in [0.25, 0.3) is 10.9 Å². The van der Waals surface area contributed by atoms with Crippen molar-refractivity contribution in [3.05, 3.63) is 89.8 Å². The van der Waals surface area contributed by atoms with Gasteiger partial charge in [-0.1, -0.05) is 12.1 Å². The first-order valence-electron chi connectivity index (χ1n) is 8.56. The molecule has 0 unspecified atom stereocenters. The number of hydrogen-bond acceptors (Lipinski definition) is 3. The molecule has 2 heterocycles. The fraction of sp³-hybridized carbons (Fsp3) is 0.0476. The summed E-state index contributed by atoms with van der Waals surface area (Å²) in [5, 5.41) is 3.34. The lowest BCUT2D eigenvalue weighted by Gasteiger charge is -2.12. The van der Waals surface area contributed by atoms with Crippen LogP contribution in [0.4, 0.5) is 20.3 Å². The average molecular weight is 378 g/mol. The Bertz CT molecular complexity index is 1190. The van der Waals surface area contributed by atoms with Gasteiger partial charge in [-0.25, -0.2) is 13.8 Å². The highest BCUT2D eigenvalue weighted by Gasteiger charge is 2.17. The summed E-state index contributed by atoms with van der Waals surface area (Å²) < 4.78 is 29.0. The molecule has 28 heavy (non-hydrogen) atoms. The highest BCUT2D eigenvalue weighted by molar-refractivity contribution is 6.06. The largest absolute Gasteiger partial charge is 0.384 e. The van der Waals surface area contributed by atoms with E-state index in [0.717, 1.165) is 0 Å². The first kappa shape index (κ1) is 17.7. The number of rotatable bonds is 4. The first-order valence-corrected chi connectivity index (χ1v) is 8.56. The molecule has 1 amide bonds. The number of nitrogens with two attached hydrogens (primary N) is 1. The van der Waals surface area contributed by atoms with Crippen molar-refractivity contribution in [1.29, 1.82) is 0 Å². The van der Waals surface area contributed by atoms with Crippen LogP contribution >= 0.6 is 0 Å². The van der Waals surface area contributed by atoms with Gasteiger partial charge in [-0.05, 0) is 48.0 Å². The van der Waals surface area contributed by atoms with Crippen LogP contribution in [0.5, 0.6) is 0 Å². The van der Waals surface area contributed by atoms with Crippen molar-refractivity contribution in [3.8, 4) is 0 Å². The summed E-state index contributed by atoms with van der Waals surface area (Å²) in [6, 6.07) is 15.2. The standard InChI is InChI=1S/C21H16F2N4O/c22-15-3-1-2-13(8-15)12-27-18-5-4-16(23)9-14(18)10-19(27)21(28)26-17-6-7-25-20(24)11-17/h1-11H,12H2,(H3,24,25,26,28). The van der Waals surface area contributed by atoms with E-state index in [1.54, 1.807) is 34.9 Å². The third-order valence-electron chi connectivity index (χ3n) is 4.36. The molecule has 4 aromatic rings. The molecule has 3 N–H and O–H groups in total. The van der Waals surface area contributed by atoms with Gasteiger partial charge in [-0.15, -0.1) is 0 Å². The molecule has 0 atom stereocenters. The van der Waals surface area contributed by atoms with E-state index in [1.165, 1.54) is 36.5 Å². The van der Waals surface area contributed by atoms with E-state index < -0.39 is 11.7 Å². The van der Waals surface area contributed by atoms with E-state index in [0.29, 0.717) is 27.8 Å². The second-order valence-corrected chi connectivity index (χ2v) is 6.37. The quantitative estimate of drug-likeness (QED) is 0.559. The van der Waals surface area contributed by atoms with Crippen LogP contribution in [-0.2, 0) is 6.54 Å². The Morgan fingerprint density at radius 2 is 1.86 bits per heavy atom. The molecule has 0 aliphatic heterocycles. The molecule has 2 aromatic heterocycles. The average Bonchev–Trinajstić information content (AvgIpc) is 2.99. The molecule has 0 spiro atoms. The number of nitrogens with one attached hydrogen (secondary N) is 1. The van der Waals surface area contributed by atoms with E-state index in [-0.39, 0.29) is 18.2 Å². The molecule has 0 fully saturated rings. The van der Waals surface area contributed by atoms with Gasteiger partial charge in [0.25, 0.3) is 5.91 Å². The predicted molar refractivity (Wildman–Crippen MR) is 104 cm³/mol. The van der Waals surface area contributed by atoms with Crippen molar-refractivity contribution in [2.24, 2.45) is 0 Å². The van der Waals surface area contributed by atoms with Crippen LogP contribution in [0.2, 0.25) is 0 Å². The van der Waals surface area contributed by atoms with Crippen LogP contribution in [0.15, 0.2) is 66.9 Å². The third-order valence-corrected chi connectivity index (χ3v) is 4.36. The zero-order chi connectivity index (χ0) is 19.7. The molecular formula is C21H16F2N4O. The highest BCUT2D eigenvalue weighted by atomic mass is 19.1. The fourth-order valence-electron chi connectivity index (χ4n) is 3.14. The Kier molecular flexibility index (Phi) is 4.49. The number of fused-ring (bicyclic) bond motifs is 1. The predicted octanol–water partition coefficient (Wildman–Crippen LogP) is 4.20. The summed E-state index contributed by atoms with van der Waals surface area (Å²) in [5.74, 6) is -0.874. The third kappa shape index (κ3) is 3.55. The Morgan fingerprint density at radius 1 is 1.04 bits per heavy atom. The number of pyridine rings is 1. The minimum atomic E-state index is -0.399. The normalized spacial score (nSPS) is 10.9. The Hall–Kier alpha value is -3.74. The van der Waals surface area contributed by atoms with Crippen LogP contribution < -0.4 is 11.1 Å². The number of carbonyl (C=O) groups is 1. The number of nitrogen functional groups attached to an aromatic ring is 1. The number of nitrogens with zero attached hydrogens (tertiary/aromatic N) is 2. The summed E-state index contributed by atoms with van der Waals surface area (Å²) in [7, 11) is 0. The zero-order valence-corrected chi connectivity index (χ0v) is 14.7. The summed E-state index contributed by atoms with van der Waals surface area (Å²) in [5.41, 5.74) is 7.82. The first-order chi connectivity index (χ1) is 13.5. The van der Waals surface area contributed by atoms with E-state index in [2.05, 4.69) is 10.3 Å². The number of amides is 1. The van der Waals surface area contributed by atoms with Crippen molar-refractivity contribution < 1.29 is 13.6 Å². The second-order valence-electron chi connectivity index (χ2n) is 6.37. The van der Waals surface area contributed by atoms with Gasteiger partial charge in [-0.2, -0.15) is 0 Å². The number of hydrogen-bond donors (Lipinski definition) is 2. The topological polar surface area (TPSA) is 72.9 Å². The molecule has 7 heteroatoms. The number of carbonyl (C=O) groups excluding carboxylic acids is 1. The second kappa shape index (κ2) is 7.11. The van der Waals surface area contributed by atoms with Gasteiger partial charge in [0.15, 0.2) is 0 Å². The van der Waals surface area contributed by atoms with Crippen molar-refractivity contribution >= 4 is 28.3 Å². The smallest absolute Gasteiger partial charge is 0.272 e. The highest BCUT2D eigenvalue weighted by Crippen LogP contribution is 2.24. The summed E-state index contributed by atoms with van der Waals surface area (Å²) >= 11 is 0. The van der Waals surface area contributed by atoms with E-state index >= 15 is 0 Å². The summed E-state index contributed by atoms with van der Waals surface area (Å²) in [4.78, 5) is 16.8. The van der Waals surface area contributed by atoms with E-state index in [1.807, 2.05) is 0 Å². The van der Waals surface area contributed by atoms with Gasteiger partial charge < -0.3 is 15.6 Å². The van der Waals surface area contributed by atoms with Crippen molar-refractivity contribution in [1.82, 2.24) is 9.55 Å². The molecule has 140 valence electrons. The molecule has 0 bridgehead atoms. The Labute approximate surface area is 159 Å². The van der Waals surface area contributed by atoms with Crippen molar-refractivity contribution in [2.75, 3.05) is 11.1 Å². The maximum Gasteiger partial charge on any atom is 0.272 e. The van der Waals surface area contributed by atoms with E-state index in [9.17, 15) is 13.6 Å². The molecule has 0 aliphatic carbocycles. The SMILES string of the molecule is Nc1cc(NC(=O)c2cc3cc(F)ccc3n2Cc2cccc(F)c2)ccn1. The number of anilines is 2. The summed E-state index contributed by atoms with van der Waals surface area (Å²) in [6.07, 6.45) is 1.49. The number of halogens is 2. The van der Waals surface area contributed by atoms with Crippen molar-refractivity contribution in [2.45, 2.75) is 6.54 Å². The molecule has 0 aliphatic rings. The van der Waals surface area contributed by atoms with Crippen LogP contribution in [0.1, 0.15) is 16.1 Å². The lowest BCUT2D eigenvalue weighted by molar-refractivity contribution is 0.101. The van der Waals surface area contributed by atoms with Gasteiger partial charge in [0, 0.05) is 35.4 Å². The van der Waals surface area contributed by atoms with Gasteiger partial charge in [0.2, 0.25) is 0 Å². The molecule has 0 saturated heterocycles. The zero-order valence-electron chi connectivity index (χ0n) is 14.7. The number of benzene rings is 2. The molecule has 0 saturated carbocycles. The van der Waals surface area contributed by atoms with Crippen molar-refractivity contribution in [3.63, 3.8) is 0 Å². The van der Waals surface area contributed by atoms with Gasteiger partial charge in [0.1, 0.15) is 23.1 Å². The fourth-order valence-corrected chi connectivity index (χ4v) is 3.14. The van der Waals surface area contributed by atoms with Crippen LogP contribution in [-0.4, -0.2) is 15.5 Å². The molecule has 4 rings (SSSR count). The minimum absolute atomic E-state index is 0.258. The minimum Gasteiger partial charge on any atom is -0.384 e. The molecule has 2 aromatic carbocycles. The Morgan fingerprint density at radius 3 is 2.64 bits per heavy atom. The maximum atomic E-state index is 13.7. The monoisotopic (exact) mass is 378 g/mol. The van der Waals surface area contributed by atoms with Gasteiger partial charge >= 0.3 is 0 Å². The van der Waals surface area contributed by atoms with Gasteiger partial charge in [0.05, 0.1) is 0 Å². The molecule has 0 radical (unpaired) electrons. The molecule has 5 nitrogen and oxygen atoms in total. The lowest BCUT2D eigenvalue weighted by Crippen LogP contribution is -2.17.